The number of anilines is 1. The van der Waals surface area contributed by atoms with Crippen molar-refractivity contribution >= 4 is 58.5 Å². The minimum atomic E-state index is -1.64. The maximum Gasteiger partial charge on any atom is 0.412 e. The number of nitrogens with one attached hydrogen (secondary N) is 1. The molecule has 1 unspecified atom stereocenters. The van der Waals surface area contributed by atoms with E-state index in [0.29, 0.717) is 43.7 Å². The first-order valence-corrected chi connectivity index (χ1v) is 13.9. The van der Waals surface area contributed by atoms with Gasteiger partial charge in [0.25, 0.3) is 5.91 Å². The highest BCUT2D eigenvalue weighted by molar-refractivity contribution is 6.67. The van der Waals surface area contributed by atoms with Crippen molar-refractivity contribution in [2.45, 2.75) is 74.7 Å². The summed E-state index contributed by atoms with van der Waals surface area (Å²) >= 11 is 16.7. The van der Waals surface area contributed by atoms with Crippen molar-refractivity contribution in [1.29, 1.82) is 0 Å². The van der Waals surface area contributed by atoms with E-state index >= 15 is 0 Å². The number of rotatable bonds is 12. The van der Waals surface area contributed by atoms with Gasteiger partial charge in [0.1, 0.15) is 12.2 Å². The van der Waals surface area contributed by atoms with Crippen LogP contribution in [0.15, 0.2) is 12.1 Å². The lowest BCUT2D eigenvalue weighted by molar-refractivity contribution is -0.143. The number of nitrogens with zero attached hydrogens (tertiary/aromatic N) is 1. The molecule has 0 spiro atoms. The van der Waals surface area contributed by atoms with Gasteiger partial charge < -0.3 is 29.0 Å². The number of hydrogen-bond acceptors (Lipinski definition) is 8. The number of benzene rings is 1. The number of unbranched alkanes of at least 4 members (excludes halogenated alkanes) is 2. The fourth-order valence-electron chi connectivity index (χ4n) is 3.94. The third-order valence-electron chi connectivity index (χ3n) is 5.70. The SMILES string of the molecule is COc1cc(C(=O)N2CCCC2CO)c(NC(=O)OC(C)(C)C)cc1OCCCCCC(=O)OCC(Cl)(Cl)Cl. The van der Waals surface area contributed by atoms with Gasteiger partial charge in [0.05, 0.1) is 37.6 Å². The Labute approximate surface area is 244 Å². The first-order valence-electron chi connectivity index (χ1n) is 12.7. The highest BCUT2D eigenvalue weighted by Gasteiger charge is 2.32. The van der Waals surface area contributed by atoms with E-state index in [9.17, 15) is 19.5 Å². The van der Waals surface area contributed by atoms with E-state index < -0.39 is 21.5 Å². The lowest BCUT2D eigenvalue weighted by atomic mass is 10.1. The van der Waals surface area contributed by atoms with Gasteiger partial charge in [-0.3, -0.25) is 14.9 Å². The van der Waals surface area contributed by atoms with Crippen LogP contribution in [0.1, 0.15) is 69.7 Å². The third kappa shape index (κ3) is 11.5. The molecule has 2 N–H and O–H groups in total. The average Bonchev–Trinajstić information content (AvgIpc) is 3.32. The summed E-state index contributed by atoms with van der Waals surface area (Å²) in [7, 11) is 1.45. The molecule has 0 aliphatic carbocycles. The largest absolute Gasteiger partial charge is 0.493 e. The van der Waals surface area contributed by atoms with Gasteiger partial charge in [0.2, 0.25) is 3.79 Å². The van der Waals surface area contributed by atoms with Crippen LogP contribution in [0.3, 0.4) is 0 Å². The second-order valence-electron chi connectivity index (χ2n) is 10.1. The minimum absolute atomic E-state index is 0.149. The molecule has 1 heterocycles. The molecule has 10 nitrogen and oxygen atoms in total. The van der Waals surface area contributed by atoms with Crippen LogP contribution < -0.4 is 14.8 Å². The molecule has 1 saturated heterocycles. The topological polar surface area (TPSA) is 124 Å². The fourth-order valence-corrected chi connectivity index (χ4v) is 4.10. The molecule has 39 heavy (non-hydrogen) atoms. The first-order chi connectivity index (χ1) is 18.2. The van der Waals surface area contributed by atoms with Crippen molar-refractivity contribution in [3.05, 3.63) is 17.7 Å². The highest BCUT2D eigenvalue weighted by atomic mass is 35.6. The summed E-state index contributed by atoms with van der Waals surface area (Å²) < 4.78 is 20.0. The van der Waals surface area contributed by atoms with Gasteiger partial charge in [-0.2, -0.15) is 0 Å². The number of ether oxygens (including phenoxy) is 4. The molecule has 0 bridgehead atoms. The predicted molar refractivity (Wildman–Crippen MR) is 149 cm³/mol. The molecule has 220 valence electrons. The fraction of sp³-hybridized carbons (Fsp3) is 0.654. The number of aliphatic hydroxyl groups excluding tert-OH is 1. The second-order valence-corrected chi connectivity index (χ2v) is 12.6. The molecule has 0 saturated carbocycles. The maximum atomic E-state index is 13.4. The quantitative estimate of drug-likeness (QED) is 0.181. The van der Waals surface area contributed by atoms with Crippen LogP contribution in [0.5, 0.6) is 11.5 Å². The van der Waals surface area contributed by atoms with Crippen LogP contribution in [0, 0.1) is 0 Å². The summed E-state index contributed by atoms with van der Waals surface area (Å²) in [6.45, 7) is 5.53. The van der Waals surface area contributed by atoms with Gasteiger partial charge in [-0.25, -0.2) is 4.79 Å². The second kappa shape index (κ2) is 15.0. The summed E-state index contributed by atoms with van der Waals surface area (Å²) in [6, 6.07) is 2.74. The smallest absolute Gasteiger partial charge is 0.412 e. The van der Waals surface area contributed by atoms with Crippen molar-refractivity contribution < 1.29 is 38.4 Å². The van der Waals surface area contributed by atoms with Gasteiger partial charge in [0, 0.05) is 19.0 Å². The molecule has 2 amide bonds. The molecule has 1 aliphatic heterocycles. The third-order valence-corrected chi connectivity index (χ3v) is 6.03. The van der Waals surface area contributed by atoms with Crippen molar-refractivity contribution in [1.82, 2.24) is 4.90 Å². The summed E-state index contributed by atoms with van der Waals surface area (Å²) in [5.41, 5.74) is -0.353. The number of carbonyl (C=O) groups is 3. The van der Waals surface area contributed by atoms with Crippen molar-refractivity contribution in [3.8, 4) is 11.5 Å². The number of esters is 1. The van der Waals surface area contributed by atoms with Crippen LogP contribution in [0.2, 0.25) is 0 Å². The summed E-state index contributed by atoms with van der Waals surface area (Å²) in [5, 5.41) is 12.4. The molecule has 0 aromatic heterocycles. The number of alkyl halides is 3. The Kier molecular flexibility index (Phi) is 12.7. The Morgan fingerprint density at radius 2 is 1.82 bits per heavy atom. The monoisotopic (exact) mass is 610 g/mol. The molecule has 13 heteroatoms. The zero-order valence-corrected chi connectivity index (χ0v) is 25.0. The maximum absolute atomic E-state index is 13.4. The minimum Gasteiger partial charge on any atom is -0.493 e. The standard InChI is InChI=1S/C26H37Cl3N2O8/c1-25(2,3)39-24(35)30-19-14-21(37-12-7-5-6-10-22(33)38-16-26(27,28)29)20(36-4)13-18(19)23(34)31-11-8-9-17(31)15-32/h13-14,17,32H,5-12,15-16H2,1-4H3,(H,30,35). The number of amides is 2. The Morgan fingerprint density at radius 3 is 2.44 bits per heavy atom. The van der Waals surface area contributed by atoms with Gasteiger partial charge >= 0.3 is 12.1 Å². The highest BCUT2D eigenvalue weighted by Crippen LogP contribution is 2.36. The molecule has 0 radical (unpaired) electrons. The van der Waals surface area contributed by atoms with Crippen LogP contribution >= 0.6 is 34.8 Å². The molecular formula is C26H37Cl3N2O8. The number of hydrogen-bond donors (Lipinski definition) is 2. The van der Waals surface area contributed by atoms with E-state index in [1.807, 2.05) is 0 Å². The van der Waals surface area contributed by atoms with Crippen LogP contribution in [0.4, 0.5) is 10.5 Å². The average molecular weight is 612 g/mol. The molecular weight excluding hydrogens is 575 g/mol. The predicted octanol–water partition coefficient (Wildman–Crippen LogP) is 5.49. The first kappa shape index (κ1) is 33.1. The van der Waals surface area contributed by atoms with E-state index in [1.165, 1.54) is 19.2 Å². The molecule has 1 atom stereocenters. The number of halogens is 3. The zero-order valence-electron chi connectivity index (χ0n) is 22.7. The Hall–Kier alpha value is -2.14. The Morgan fingerprint density at radius 1 is 1.10 bits per heavy atom. The zero-order chi connectivity index (χ0) is 29.2. The Balaban J connectivity index is 2.10. The summed E-state index contributed by atoms with van der Waals surface area (Å²) in [4.78, 5) is 39.3. The number of methoxy groups -OCH3 is 1. The molecule has 1 aromatic rings. The van der Waals surface area contributed by atoms with Crippen molar-refractivity contribution in [2.24, 2.45) is 0 Å². The number of aliphatic hydroxyl groups is 1. The van der Waals surface area contributed by atoms with E-state index in [-0.39, 0.29) is 49.4 Å². The van der Waals surface area contributed by atoms with Gasteiger partial charge in [-0.05, 0) is 58.9 Å². The van der Waals surface area contributed by atoms with Gasteiger partial charge in [-0.1, -0.05) is 34.8 Å². The number of carbonyl (C=O) groups excluding carboxylic acids is 3. The van der Waals surface area contributed by atoms with Crippen LogP contribution in [0.25, 0.3) is 0 Å². The van der Waals surface area contributed by atoms with Gasteiger partial charge in [0.15, 0.2) is 11.5 Å². The van der Waals surface area contributed by atoms with Crippen LogP contribution in [-0.4, -0.2) is 76.9 Å². The van der Waals surface area contributed by atoms with Crippen molar-refractivity contribution in [2.75, 3.05) is 38.8 Å². The van der Waals surface area contributed by atoms with E-state index in [2.05, 4.69) is 5.32 Å². The van der Waals surface area contributed by atoms with Gasteiger partial charge in [-0.15, -0.1) is 0 Å². The van der Waals surface area contributed by atoms with Crippen molar-refractivity contribution in [3.63, 3.8) is 0 Å². The summed E-state index contributed by atoms with van der Waals surface area (Å²) in [6.07, 6.45) is 2.75. The van der Waals surface area contributed by atoms with E-state index in [0.717, 1.165) is 6.42 Å². The van der Waals surface area contributed by atoms with E-state index in [1.54, 1.807) is 25.7 Å². The lowest BCUT2D eigenvalue weighted by Crippen LogP contribution is -2.38. The Bertz CT molecular complexity index is 995. The summed E-state index contributed by atoms with van der Waals surface area (Å²) in [5.74, 6) is -0.169. The van der Waals surface area contributed by atoms with E-state index in [4.69, 9.17) is 53.8 Å². The normalized spacial score (nSPS) is 15.6. The molecule has 1 aromatic carbocycles. The molecule has 1 aliphatic rings. The van der Waals surface area contributed by atoms with Crippen LogP contribution in [-0.2, 0) is 14.3 Å². The lowest BCUT2D eigenvalue weighted by Gasteiger charge is -2.25. The molecule has 1 fully saturated rings. The number of likely N-dealkylation sites (tertiary alicyclic amines) is 1. The molecule has 2 rings (SSSR count).